The van der Waals surface area contributed by atoms with E-state index in [0.717, 1.165) is 44.7 Å². The van der Waals surface area contributed by atoms with Gasteiger partial charge in [-0.25, -0.2) is 0 Å². The molecular weight excluding hydrogens is 645 g/mol. The number of benzene rings is 9. The van der Waals surface area contributed by atoms with Gasteiger partial charge in [0.2, 0.25) is 0 Å². The molecule has 248 valence electrons. The lowest BCUT2D eigenvalue weighted by Crippen LogP contribution is -2.10. The Morgan fingerprint density at radius 1 is 0.358 bits per heavy atom. The smallest absolute Gasteiger partial charge is 0.135 e. The molecule has 0 aliphatic carbocycles. The van der Waals surface area contributed by atoms with E-state index in [9.17, 15) is 0 Å². The number of furan rings is 1. The van der Waals surface area contributed by atoms with Crippen molar-refractivity contribution in [3.05, 3.63) is 194 Å². The fraction of sp³-hybridized carbons (Fsp3) is 0. The summed E-state index contributed by atoms with van der Waals surface area (Å²) >= 11 is 0. The first-order valence-corrected chi connectivity index (χ1v) is 18.1. The number of rotatable bonds is 5. The topological polar surface area (TPSA) is 21.3 Å². The summed E-state index contributed by atoms with van der Waals surface area (Å²) in [7, 11) is 0. The highest BCUT2D eigenvalue weighted by Gasteiger charge is 2.18. The van der Waals surface area contributed by atoms with Gasteiger partial charge in [-0.05, 0) is 105 Å². The van der Waals surface area contributed by atoms with E-state index in [0.29, 0.717) is 0 Å². The van der Waals surface area contributed by atoms with E-state index in [1.807, 2.05) is 12.1 Å². The van der Waals surface area contributed by atoms with Crippen molar-refractivity contribution in [2.45, 2.75) is 0 Å². The average Bonchev–Trinajstić information content (AvgIpc) is 3.77. The third-order valence-corrected chi connectivity index (χ3v) is 10.8. The lowest BCUT2D eigenvalue weighted by Gasteiger charge is -2.26. The summed E-state index contributed by atoms with van der Waals surface area (Å²) in [6, 6.07) is 69.8. The zero-order chi connectivity index (χ0) is 34.9. The predicted octanol–water partition coefficient (Wildman–Crippen LogP) is 14.1. The van der Waals surface area contributed by atoms with Crippen molar-refractivity contribution in [1.82, 2.24) is 4.57 Å². The molecule has 3 nitrogen and oxygen atoms in total. The zero-order valence-electron chi connectivity index (χ0n) is 28.8. The first-order chi connectivity index (χ1) is 26.3. The lowest BCUT2D eigenvalue weighted by atomic mass is 9.94. The molecule has 53 heavy (non-hydrogen) atoms. The van der Waals surface area contributed by atoms with Gasteiger partial charge in [0.1, 0.15) is 11.2 Å². The van der Waals surface area contributed by atoms with Crippen LogP contribution < -0.4 is 4.90 Å². The van der Waals surface area contributed by atoms with Gasteiger partial charge < -0.3 is 13.9 Å². The minimum Gasteiger partial charge on any atom is -0.456 e. The normalized spacial score (nSPS) is 11.8. The van der Waals surface area contributed by atoms with Crippen molar-refractivity contribution in [1.29, 1.82) is 0 Å². The summed E-state index contributed by atoms with van der Waals surface area (Å²) in [5.41, 5.74) is 10.9. The van der Waals surface area contributed by atoms with Crippen LogP contribution in [0.2, 0.25) is 0 Å². The van der Waals surface area contributed by atoms with Crippen LogP contribution in [-0.2, 0) is 0 Å². The molecule has 0 fully saturated rings. The monoisotopic (exact) mass is 676 g/mol. The van der Waals surface area contributed by atoms with Gasteiger partial charge >= 0.3 is 0 Å². The molecule has 0 saturated heterocycles. The van der Waals surface area contributed by atoms with Crippen molar-refractivity contribution in [3.8, 4) is 16.8 Å². The highest BCUT2D eigenvalue weighted by atomic mass is 16.3. The first kappa shape index (κ1) is 29.6. The van der Waals surface area contributed by atoms with Gasteiger partial charge in [-0.15, -0.1) is 0 Å². The van der Waals surface area contributed by atoms with Crippen molar-refractivity contribution in [3.63, 3.8) is 0 Å². The summed E-state index contributed by atoms with van der Waals surface area (Å²) in [6.07, 6.45) is 0. The average molecular weight is 677 g/mol. The first-order valence-electron chi connectivity index (χ1n) is 18.1. The molecule has 0 amide bonds. The molecule has 0 bridgehead atoms. The minimum absolute atomic E-state index is 0.883. The Bertz CT molecular complexity index is 3130. The van der Waals surface area contributed by atoms with Gasteiger partial charge in [-0.2, -0.15) is 0 Å². The van der Waals surface area contributed by atoms with Crippen molar-refractivity contribution in [2.75, 3.05) is 4.90 Å². The summed E-state index contributed by atoms with van der Waals surface area (Å²) in [5.74, 6) is 0. The van der Waals surface area contributed by atoms with Crippen LogP contribution in [0.5, 0.6) is 0 Å². The molecule has 0 N–H and O–H groups in total. The molecule has 0 saturated carbocycles. The zero-order valence-corrected chi connectivity index (χ0v) is 28.8. The van der Waals surface area contributed by atoms with Gasteiger partial charge in [-0.1, -0.05) is 121 Å². The quantitative estimate of drug-likeness (QED) is 0.169. The number of anilines is 3. The van der Waals surface area contributed by atoms with E-state index >= 15 is 0 Å². The number of nitrogens with zero attached hydrogens (tertiary/aromatic N) is 2. The molecule has 2 heterocycles. The summed E-state index contributed by atoms with van der Waals surface area (Å²) in [4.78, 5) is 2.36. The largest absolute Gasteiger partial charge is 0.456 e. The molecule has 3 heteroatoms. The van der Waals surface area contributed by atoms with E-state index in [-0.39, 0.29) is 0 Å². The Morgan fingerprint density at radius 2 is 0.981 bits per heavy atom. The molecule has 0 atom stereocenters. The van der Waals surface area contributed by atoms with Gasteiger partial charge in [0.15, 0.2) is 0 Å². The second-order valence-corrected chi connectivity index (χ2v) is 13.7. The van der Waals surface area contributed by atoms with Crippen LogP contribution in [0.1, 0.15) is 0 Å². The third kappa shape index (κ3) is 4.68. The van der Waals surface area contributed by atoms with Crippen molar-refractivity contribution < 1.29 is 4.42 Å². The van der Waals surface area contributed by atoms with Crippen LogP contribution in [0.25, 0.3) is 82.1 Å². The van der Waals surface area contributed by atoms with E-state index in [1.165, 1.54) is 54.5 Å². The maximum absolute atomic E-state index is 6.25. The third-order valence-electron chi connectivity index (χ3n) is 10.8. The SMILES string of the molecule is c1cc(-c2cccc3c2ccc2ccccc23)cc(N(c2ccc(-n3c4ccccc4c4ccccc43)cc2)c2ccc3oc4ccccc4c3c2)c1. The molecule has 2 aromatic heterocycles. The van der Waals surface area contributed by atoms with Gasteiger partial charge in [0.05, 0.1) is 11.0 Å². The molecule has 0 radical (unpaired) electrons. The number of hydrogen-bond donors (Lipinski definition) is 0. The van der Waals surface area contributed by atoms with Crippen LogP contribution in [0, 0.1) is 0 Å². The lowest BCUT2D eigenvalue weighted by molar-refractivity contribution is 0.669. The van der Waals surface area contributed by atoms with E-state index < -0.39 is 0 Å². The highest BCUT2D eigenvalue weighted by molar-refractivity contribution is 6.13. The van der Waals surface area contributed by atoms with Crippen LogP contribution >= 0.6 is 0 Å². The predicted molar refractivity (Wildman–Crippen MR) is 223 cm³/mol. The Balaban J connectivity index is 1.09. The molecule has 11 rings (SSSR count). The summed E-state index contributed by atoms with van der Waals surface area (Å²) in [6.45, 7) is 0. The minimum atomic E-state index is 0.883. The molecule has 11 aromatic rings. The number of aromatic nitrogens is 1. The Kier molecular flexibility index (Phi) is 6.55. The number of hydrogen-bond acceptors (Lipinski definition) is 2. The van der Waals surface area contributed by atoms with Gasteiger partial charge in [-0.3, -0.25) is 0 Å². The van der Waals surface area contributed by atoms with Crippen molar-refractivity contribution >= 4 is 82.4 Å². The van der Waals surface area contributed by atoms with E-state index in [4.69, 9.17) is 4.42 Å². The highest BCUT2D eigenvalue weighted by Crippen LogP contribution is 2.42. The van der Waals surface area contributed by atoms with E-state index in [1.54, 1.807) is 0 Å². The maximum Gasteiger partial charge on any atom is 0.135 e. The molecular formula is C50H32N2O. The van der Waals surface area contributed by atoms with Crippen LogP contribution in [0.4, 0.5) is 17.1 Å². The fourth-order valence-corrected chi connectivity index (χ4v) is 8.36. The summed E-state index contributed by atoms with van der Waals surface area (Å²) < 4.78 is 8.62. The second-order valence-electron chi connectivity index (χ2n) is 13.7. The van der Waals surface area contributed by atoms with Gasteiger partial charge in [0.25, 0.3) is 0 Å². The number of fused-ring (bicyclic) bond motifs is 9. The standard InChI is InChI=1S/C50H32N2O/c1-2-14-39-33(11-1)23-29-42-40(18-10-19-41(39)42)34-12-9-13-37(31-34)51(38-28-30-50-46(32-38)45-17-5-8-22-49(45)53-50)35-24-26-36(27-25-35)52-47-20-6-3-15-43(47)44-16-4-7-21-48(44)52/h1-32H. The summed E-state index contributed by atoms with van der Waals surface area (Å²) in [5, 5.41) is 9.76. The molecule has 0 aliphatic rings. The van der Waals surface area contributed by atoms with E-state index in [2.05, 4.69) is 191 Å². The number of para-hydroxylation sites is 3. The molecule has 9 aromatic carbocycles. The van der Waals surface area contributed by atoms with Gasteiger partial charge in [0, 0.05) is 44.3 Å². The van der Waals surface area contributed by atoms with Crippen molar-refractivity contribution in [2.24, 2.45) is 0 Å². The molecule has 0 aliphatic heterocycles. The Hall–Kier alpha value is -7.10. The van der Waals surface area contributed by atoms with Crippen LogP contribution in [0.3, 0.4) is 0 Å². The van der Waals surface area contributed by atoms with Crippen LogP contribution in [-0.4, -0.2) is 4.57 Å². The fourth-order valence-electron chi connectivity index (χ4n) is 8.36. The van der Waals surface area contributed by atoms with Crippen LogP contribution in [0.15, 0.2) is 199 Å². The molecule has 0 spiro atoms. The molecule has 0 unspecified atom stereocenters. The second kappa shape index (κ2) is 11.7. The Labute approximate surface area is 306 Å². The maximum atomic E-state index is 6.25. The Morgan fingerprint density at radius 3 is 1.79 bits per heavy atom.